The first kappa shape index (κ1) is 19.7. The highest BCUT2D eigenvalue weighted by Crippen LogP contribution is 2.34. The second-order valence-corrected chi connectivity index (χ2v) is 7.50. The van der Waals surface area contributed by atoms with E-state index < -0.39 is 0 Å². The third-order valence-electron chi connectivity index (χ3n) is 5.44. The molecule has 4 rings (SSSR count). The smallest absolute Gasteiger partial charge is 0.255 e. The van der Waals surface area contributed by atoms with Gasteiger partial charge in [-0.2, -0.15) is 0 Å². The summed E-state index contributed by atoms with van der Waals surface area (Å²) in [7, 11) is 1.61. The molecule has 1 aliphatic heterocycles. The van der Waals surface area contributed by atoms with Crippen molar-refractivity contribution in [2.45, 2.75) is 25.9 Å². The molecule has 0 aromatic heterocycles. The number of aryl methyl sites for hydroxylation is 1. The molecule has 2 amide bonds. The van der Waals surface area contributed by atoms with Crippen LogP contribution >= 0.6 is 0 Å². The van der Waals surface area contributed by atoms with Crippen LogP contribution in [-0.4, -0.2) is 23.8 Å². The van der Waals surface area contributed by atoms with Crippen LogP contribution in [0.15, 0.2) is 72.8 Å². The molecule has 5 heteroatoms. The summed E-state index contributed by atoms with van der Waals surface area (Å²) < 4.78 is 5.26. The molecular weight excluding hydrogens is 376 g/mol. The van der Waals surface area contributed by atoms with Crippen LogP contribution in [-0.2, 0) is 11.3 Å². The highest BCUT2D eigenvalue weighted by Gasteiger charge is 2.34. The average Bonchev–Trinajstić information content (AvgIpc) is 3.10. The summed E-state index contributed by atoms with van der Waals surface area (Å²) in [5.41, 5.74) is 4.46. The van der Waals surface area contributed by atoms with Crippen LogP contribution in [0.25, 0.3) is 0 Å². The van der Waals surface area contributed by atoms with Crippen molar-refractivity contribution in [2.75, 3.05) is 12.4 Å². The standard InChI is InChI=1S/C25H24N2O3/c1-17-7-11-20(12-8-17)26-24(28)15-23(18-9-13-21(30-2)14-10-18)27-16-19-5-3-4-6-22(19)25(27)29/h3-14,23H,15-16H2,1-2H3,(H,26,28)/t23-/m0/s1. The van der Waals surface area contributed by atoms with E-state index in [0.717, 1.165) is 28.1 Å². The summed E-state index contributed by atoms with van der Waals surface area (Å²) in [5.74, 6) is 0.552. The molecule has 5 nitrogen and oxygen atoms in total. The van der Waals surface area contributed by atoms with Gasteiger partial charge in [-0.15, -0.1) is 0 Å². The van der Waals surface area contributed by atoms with Gasteiger partial charge in [-0.1, -0.05) is 48.0 Å². The fraction of sp³-hybridized carbons (Fsp3) is 0.200. The summed E-state index contributed by atoms with van der Waals surface area (Å²) in [5, 5.41) is 2.95. The van der Waals surface area contributed by atoms with Crippen molar-refractivity contribution in [3.05, 3.63) is 95.1 Å². The van der Waals surface area contributed by atoms with Gasteiger partial charge in [0.1, 0.15) is 5.75 Å². The van der Waals surface area contributed by atoms with Gasteiger partial charge in [0.2, 0.25) is 5.91 Å². The lowest BCUT2D eigenvalue weighted by molar-refractivity contribution is -0.117. The number of amides is 2. The Morgan fingerprint density at radius 2 is 1.73 bits per heavy atom. The molecule has 0 spiro atoms. The number of hydrogen-bond donors (Lipinski definition) is 1. The molecule has 0 fully saturated rings. The summed E-state index contributed by atoms with van der Waals surface area (Å²) in [6.07, 6.45) is 0.167. The molecule has 0 unspecified atom stereocenters. The van der Waals surface area contributed by atoms with E-state index in [-0.39, 0.29) is 24.3 Å². The number of methoxy groups -OCH3 is 1. The first-order chi connectivity index (χ1) is 14.5. The Balaban J connectivity index is 1.59. The van der Waals surface area contributed by atoms with Gasteiger partial charge >= 0.3 is 0 Å². The van der Waals surface area contributed by atoms with Crippen LogP contribution in [0.5, 0.6) is 5.75 Å². The van der Waals surface area contributed by atoms with Gasteiger partial charge in [-0.3, -0.25) is 9.59 Å². The zero-order valence-corrected chi connectivity index (χ0v) is 17.1. The van der Waals surface area contributed by atoms with Gasteiger partial charge in [0, 0.05) is 17.8 Å². The van der Waals surface area contributed by atoms with E-state index in [2.05, 4.69) is 5.32 Å². The molecule has 1 atom stereocenters. The van der Waals surface area contributed by atoms with E-state index in [4.69, 9.17) is 4.74 Å². The average molecular weight is 400 g/mol. The number of ether oxygens (including phenoxy) is 1. The quantitative estimate of drug-likeness (QED) is 0.651. The number of nitrogens with zero attached hydrogens (tertiary/aromatic N) is 1. The summed E-state index contributed by atoms with van der Waals surface area (Å²) >= 11 is 0. The molecule has 0 bridgehead atoms. The van der Waals surface area contributed by atoms with Crippen LogP contribution < -0.4 is 10.1 Å². The first-order valence-electron chi connectivity index (χ1n) is 9.94. The molecule has 30 heavy (non-hydrogen) atoms. The Labute approximate surface area is 176 Å². The van der Waals surface area contributed by atoms with Crippen molar-refractivity contribution in [1.29, 1.82) is 0 Å². The SMILES string of the molecule is COc1ccc([C@H](CC(=O)Nc2ccc(C)cc2)N2Cc3ccccc3C2=O)cc1. The van der Waals surface area contributed by atoms with Gasteiger partial charge in [-0.25, -0.2) is 0 Å². The van der Waals surface area contributed by atoms with Crippen LogP contribution in [0.1, 0.15) is 39.5 Å². The maximum atomic E-state index is 13.1. The minimum Gasteiger partial charge on any atom is -0.497 e. The fourth-order valence-electron chi connectivity index (χ4n) is 3.79. The molecule has 0 radical (unpaired) electrons. The Bertz CT molecular complexity index is 1060. The predicted octanol–water partition coefficient (Wildman–Crippen LogP) is 4.73. The molecule has 0 saturated carbocycles. The zero-order chi connectivity index (χ0) is 21.1. The van der Waals surface area contributed by atoms with Gasteiger partial charge < -0.3 is 15.0 Å². The molecule has 0 aliphatic carbocycles. The minimum absolute atomic E-state index is 0.0467. The van der Waals surface area contributed by atoms with E-state index in [0.29, 0.717) is 12.1 Å². The lowest BCUT2D eigenvalue weighted by Crippen LogP contribution is -2.32. The highest BCUT2D eigenvalue weighted by molar-refractivity contribution is 5.99. The van der Waals surface area contributed by atoms with E-state index in [1.54, 1.807) is 12.0 Å². The molecule has 3 aromatic carbocycles. The van der Waals surface area contributed by atoms with Crippen LogP contribution in [0.3, 0.4) is 0 Å². The number of anilines is 1. The van der Waals surface area contributed by atoms with Gasteiger partial charge in [0.25, 0.3) is 5.91 Å². The summed E-state index contributed by atoms with van der Waals surface area (Å²) in [6.45, 7) is 2.49. The topological polar surface area (TPSA) is 58.6 Å². The van der Waals surface area contributed by atoms with Gasteiger partial charge in [-0.05, 0) is 48.4 Å². The van der Waals surface area contributed by atoms with Crippen molar-refractivity contribution in [3.8, 4) is 5.75 Å². The fourth-order valence-corrected chi connectivity index (χ4v) is 3.79. The zero-order valence-electron chi connectivity index (χ0n) is 17.1. The maximum absolute atomic E-state index is 13.1. The van der Waals surface area contributed by atoms with E-state index in [1.165, 1.54) is 0 Å². The number of benzene rings is 3. The number of carbonyl (C=O) groups is 2. The second-order valence-electron chi connectivity index (χ2n) is 7.50. The van der Waals surface area contributed by atoms with Gasteiger partial charge in [0.15, 0.2) is 0 Å². The second kappa shape index (κ2) is 8.41. The third-order valence-corrected chi connectivity index (χ3v) is 5.44. The Morgan fingerprint density at radius 1 is 1.03 bits per heavy atom. The maximum Gasteiger partial charge on any atom is 0.255 e. The number of carbonyl (C=O) groups excluding carboxylic acids is 2. The molecule has 0 saturated heterocycles. The molecule has 3 aromatic rings. The molecule has 1 heterocycles. The monoisotopic (exact) mass is 400 g/mol. The van der Waals surface area contributed by atoms with E-state index in [9.17, 15) is 9.59 Å². The van der Waals surface area contributed by atoms with Crippen molar-refractivity contribution < 1.29 is 14.3 Å². The van der Waals surface area contributed by atoms with Crippen LogP contribution in [0.4, 0.5) is 5.69 Å². The minimum atomic E-state index is -0.374. The Hall–Kier alpha value is -3.60. The van der Waals surface area contributed by atoms with Crippen molar-refractivity contribution in [3.63, 3.8) is 0 Å². The number of fused-ring (bicyclic) bond motifs is 1. The van der Waals surface area contributed by atoms with Crippen molar-refractivity contribution in [1.82, 2.24) is 4.90 Å². The molecule has 152 valence electrons. The van der Waals surface area contributed by atoms with E-state index in [1.807, 2.05) is 79.7 Å². The number of hydrogen-bond acceptors (Lipinski definition) is 3. The van der Waals surface area contributed by atoms with Crippen molar-refractivity contribution >= 4 is 17.5 Å². The van der Waals surface area contributed by atoms with Crippen LogP contribution in [0, 0.1) is 6.92 Å². The lowest BCUT2D eigenvalue weighted by atomic mass is 10.0. The largest absolute Gasteiger partial charge is 0.497 e. The molecule has 1 N–H and O–H groups in total. The van der Waals surface area contributed by atoms with Crippen LogP contribution in [0.2, 0.25) is 0 Å². The normalized spacial score (nSPS) is 13.7. The van der Waals surface area contributed by atoms with Crippen molar-refractivity contribution in [2.24, 2.45) is 0 Å². The number of rotatable bonds is 6. The molecule has 1 aliphatic rings. The predicted molar refractivity (Wildman–Crippen MR) is 116 cm³/mol. The summed E-state index contributed by atoms with van der Waals surface area (Å²) in [6, 6.07) is 22.4. The summed E-state index contributed by atoms with van der Waals surface area (Å²) in [4.78, 5) is 27.7. The highest BCUT2D eigenvalue weighted by atomic mass is 16.5. The first-order valence-corrected chi connectivity index (χ1v) is 9.94. The van der Waals surface area contributed by atoms with E-state index >= 15 is 0 Å². The Morgan fingerprint density at radius 3 is 2.40 bits per heavy atom. The van der Waals surface area contributed by atoms with Gasteiger partial charge in [0.05, 0.1) is 19.6 Å². The molecular formula is C25H24N2O3. The number of nitrogens with one attached hydrogen (secondary N) is 1. The Kier molecular flexibility index (Phi) is 5.53. The lowest BCUT2D eigenvalue weighted by Gasteiger charge is -2.28. The third kappa shape index (κ3) is 4.06.